The lowest BCUT2D eigenvalue weighted by atomic mass is 10.00. The average Bonchev–Trinajstić information content (AvgIpc) is 3.23. The number of rotatable bonds is 3. The summed E-state index contributed by atoms with van der Waals surface area (Å²) in [6.07, 6.45) is 3.68. The Morgan fingerprint density at radius 2 is 1.81 bits per heavy atom. The molecule has 1 aliphatic rings. The predicted octanol–water partition coefficient (Wildman–Crippen LogP) is 4.13. The van der Waals surface area contributed by atoms with Crippen molar-refractivity contribution in [2.45, 2.75) is 6.92 Å². The lowest BCUT2D eigenvalue weighted by Gasteiger charge is -2.07. The standard InChI is InChI=1S/C21H17N3O2/c1-13(25)23-16-7-4-14(5-8-16)15-6-9-18-19(12-17-3-2-10-22-17)21(26)24-20(18)11-15/h2-12,22H,1H3,(H,23,25)(H,24,26)/b19-12-. The highest BCUT2D eigenvalue weighted by Crippen LogP contribution is 2.36. The van der Waals surface area contributed by atoms with Crippen LogP contribution in [0.3, 0.4) is 0 Å². The lowest BCUT2D eigenvalue weighted by molar-refractivity contribution is -0.114. The fourth-order valence-corrected chi connectivity index (χ4v) is 3.06. The normalized spacial score (nSPS) is 14.2. The maximum absolute atomic E-state index is 12.3. The summed E-state index contributed by atoms with van der Waals surface area (Å²) < 4.78 is 0. The van der Waals surface area contributed by atoms with Gasteiger partial charge in [-0.05, 0) is 47.5 Å². The number of hydrogen-bond donors (Lipinski definition) is 3. The van der Waals surface area contributed by atoms with E-state index < -0.39 is 0 Å². The molecule has 0 bridgehead atoms. The van der Waals surface area contributed by atoms with Gasteiger partial charge < -0.3 is 15.6 Å². The number of aromatic amines is 1. The maximum atomic E-state index is 12.3. The number of aromatic nitrogens is 1. The zero-order valence-corrected chi connectivity index (χ0v) is 14.2. The van der Waals surface area contributed by atoms with Crippen LogP contribution >= 0.6 is 0 Å². The molecule has 3 N–H and O–H groups in total. The van der Waals surface area contributed by atoms with Gasteiger partial charge in [0, 0.05) is 35.8 Å². The number of carbonyl (C=O) groups excluding carboxylic acids is 2. The Kier molecular flexibility index (Phi) is 3.89. The summed E-state index contributed by atoms with van der Waals surface area (Å²) in [7, 11) is 0. The molecule has 0 fully saturated rings. The first kappa shape index (κ1) is 15.9. The monoisotopic (exact) mass is 343 g/mol. The summed E-state index contributed by atoms with van der Waals surface area (Å²) in [6.45, 7) is 1.48. The Labute approximate surface area is 150 Å². The molecule has 2 amide bonds. The minimum absolute atomic E-state index is 0.0978. The zero-order chi connectivity index (χ0) is 18.1. The Morgan fingerprint density at radius 1 is 1.04 bits per heavy atom. The topological polar surface area (TPSA) is 74.0 Å². The number of fused-ring (bicyclic) bond motifs is 1. The third kappa shape index (κ3) is 3.02. The molecule has 1 aromatic heterocycles. The van der Waals surface area contributed by atoms with E-state index >= 15 is 0 Å². The van der Waals surface area contributed by atoms with Crippen LogP contribution in [-0.4, -0.2) is 16.8 Å². The van der Waals surface area contributed by atoms with Crippen molar-refractivity contribution in [1.82, 2.24) is 4.98 Å². The molecule has 0 aliphatic carbocycles. The highest BCUT2D eigenvalue weighted by molar-refractivity contribution is 6.35. The van der Waals surface area contributed by atoms with E-state index in [0.29, 0.717) is 5.57 Å². The van der Waals surface area contributed by atoms with Gasteiger partial charge >= 0.3 is 0 Å². The Morgan fingerprint density at radius 3 is 2.50 bits per heavy atom. The molecule has 1 aliphatic heterocycles. The van der Waals surface area contributed by atoms with Crippen molar-refractivity contribution < 1.29 is 9.59 Å². The van der Waals surface area contributed by atoms with Gasteiger partial charge in [-0.3, -0.25) is 9.59 Å². The maximum Gasteiger partial charge on any atom is 0.256 e. The second-order valence-corrected chi connectivity index (χ2v) is 6.16. The van der Waals surface area contributed by atoms with Gasteiger partial charge in [0.15, 0.2) is 0 Å². The van der Waals surface area contributed by atoms with Gasteiger partial charge in [0.25, 0.3) is 5.91 Å². The van der Waals surface area contributed by atoms with Crippen molar-refractivity contribution in [3.63, 3.8) is 0 Å². The first-order valence-electron chi connectivity index (χ1n) is 8.29. The van der Waals surface area contributed by atoms with Gasteiger partial charge in [0.05, 0.1) is 5.57 Å². The van der Waals surface area contributed by atoms with Crippen LogP contribution in [-0.2, 0) is 9.59 Å². The van der Waals surface area contributed by atoms with Gasteiger partial charge in [-0.1, -0.05) is 24.3 Å². The molecule has 4 rings (SSSR count). The molecule has 0 unspecified atom stereocenters. The predicted molar refractivity (Wildman–Crippen MR) is 103 cm³/mol. The van der Waals surface area contributed by atoms with Crippen molar-refractivity contribution in [1.29, 1.82) is 0 Å². The van der Waals surface area contributed by atoms with E-state index in [9.17, 15) is 9.59 Å². The fourth-order valence-electron chi connectivity index (χ4n) is 3.06. The number of H-pyrrole nitrogens is 1. The van der Waals surface area contributed by atoms with E-state index in [-0.39, 0.29) is 11.8 Å². The van der Waals surface area contributed by atoms with Crippen molar-refractivity contribution in [3.8, 4) is 11.1 Å². The van der Waals surface area contributed by atoms with Crippen LogP contribution in [0, 0.1) is 0 Å². The Hall–Kier alpha value is -3.60. The summed E-state index contributed by atoms with van der Waals surface area (Å²) in [4.78, 5) is 26.5. The van der Waals surface area contributed by atoms with Gasteiger partial charge in [0.2, 0.25) is 5.91 Å². The SMILES string of the molecule is CC(=O)Nc1ccc(-c2ccc3c(c2)NC(=O)/C3=C\c2ccc[nH]2)cc1. The van der Waals surface area contributed by atoms with Crippen LogP contribution in [0.2, 0.25) is 0 Å². The molecule has 0 saturated carbocycles. The molecule has 3 aromatic rings. The highest BCUT2D eigenvalue weighted by atomic mass is 16.2. The largest absolute Gasteiger partial charge is 0.362 e. The van der Waals surface area contributed by atoms with Crippen LogP contribution in [0.15, 0.2) is 60.8 Å². The van der Waals surface area contributed by atoms with E-state index in [1.54, 1.807) is 0 Å². The number of benzene rings is 2. The van der Waals surface area contributed by atoms with E-state index in [1.165, 1.54) is 6.92 Å². The molecule has 0 atom stereocenters. The van der Waals surface area contributed by atoms with Gasteiger partial charge in [-0.25, -0.2) is 0 Å². The number of carbonyl (C=O) groups is 2. The summed E-state index contributed by atoms with van der Waals surface area (Å²) in [6, 6.07) is 17.3. The molecule has 26 heavy (non-hydrogen) atoms. The first-order valence-corrected chi connectivity index (χ1v) is 8.29. The Balaban J connectivity index is 1.65. The number of anilines is 2. The van der Waals surface area contributed by atoms with Gasteiger partial charge in [-0.15, -0.1) is 0 Å². The second-order valence-electron chi connectivity index (χ2n) is 6.16. The molecular weight excluding hydrogens is 326 g/mol. The van der Waals surface area contributed by atoms with Crippen LogP contribution in [0.1, 0.15) is 18.2 Å². The molecular formula is C21H17N3O2. The number of amides is 2. The van der Waals surface area contributed by atoms with E-state index in [0.717, 1.165) is 33.8 Å². The number of nitrogens with one attached hydrogen (secondary N) is 3. The summed E-state index contributed by atoms with van der Waals surface area (Å²) in [5.74, 6) is -0.202. The average molecular weight is 343 g/mol. The molecule has 128 valence electrons. The van der Waals surface area contributed by atoms with E-state index in [2.05, 4.69) is 15.6 Å². The van der Waals surface area contributed by atoms with Crippen LogP contribution < -0.4 is 10.6 Å². The fraction of sp³-hybridized carbons (Fsp3) is 0.0476. The summed E-state index contributed by atoms with van der Waals surface area (Å²) in [5.41, 5.74) is 6.00. The van der Waals surface area contributed by atoms with Crippen molar-refractivity contribution in [3.05, 3.63) is 72.1 Å². The van der Waals surface area contributed by atoms with Gasteiger partial charge in [0.1, 0.15) is 0 Å². The minimum Gasteiger partial charge on any atom is -0.362 e. The molecule has 0 radical (unpaired) electrons. The quantitative estimate of drug-likeness (QED) is 0.626. The van der Waals surface area contributed by atoms with Crippen LogP contribution in [0.5, 0.6) is 0 Å². The third-order valence-electron chi connectivity index (χ3n) is 4.26. The van der Waals surface area contributed by atoms with Crippen molar-refractivity contribution in [2.24, 2.45) is 0 Å². The van der Waals surface area contributed by atoms with E-state index in [4.69, 9.17) is 0 Å². The zero-order valence-electron chi connectivity index (χ0n) is 14.2. The molecule has 5 nitrogen and oxygen atoms in total. The smallest absolute Gasteiger partial charge is 0.256 e. The molecule has 2 heterocycles. The number of hydrogen-bond acceptors (Lipinski definition) is 2. The molecule has 2 aromatic carbocycles. The lowest BCUT2D eigenvalue weighted by Crippen LogP contribution is -2.05. The van der Waals surface area contributed by atoms with Crippen LogP contribution in [0.25, 0.3) is 22.8 Å². The third-order valence-corrected chi connectivity index (χ3v) is 4.26. The van der Waals surface area contributed by atoms with E-state index in [1.807, 2.05) is 66.9 Å². The Bertz CT molecular complexity index is 1020. The molecule has 0 saturated heterocycles. The van der Waals surface area contributed by atoms with Crippen molar-refractivity contribution in [2.75, 3.05) is 10.6 Å². The van der Waals surface area contributed by atoms with Crippen LogP contribution in [0.4, 0.5) is 11.4 Å². The summed E-state index contributed by atoms with van der Waals surface area (Å²) in [5, 5.41) is 5.68. The first-order chi connectivity index (χ1) is 12.6. The molecule has 0 spiro atoms. The summed E-state index contributed by atoms with van der Waals surface area (Å²) >= 11 is 0. The second kappa shape index (κ2) is 6.37. The minimum atomic E-state index is -0.104. The molecule has 5 heteroatoms. The van der Waals surface area contributed by atoms with Gasteiger partial charge in [-0.2, -0.15) is 0 Å². The van der Waals surface area contributed by atoms with Crippen molar-refractivity contribution >= 4 is 34.8 Å². The highest BCUT2D eigenvalue weighted by Gasteiger charge is 2.24.